The molecule has 12 heteroatoms. The number of nitro groups is 1. The number of hydrogen-bond donors (Lipinski definition) is 2. The molecule has 2 rings (SSSR count). The van der Waals surface area contributed by atoms with E-state index in [4.69, 9.17) is 0 Å². The van der Waals surface area contributed by atoms with Gasteiger partial charge in [-0.3, -0.25) is 14.8 Å². The minimum absolute atomic E-state index is 0.0291. The van der Waals surface area contributed by atoms with Crippen molar-refractivity contribution in [3.63, 3.8) is 0 Å². The molecule has 1 heterocycles. The molecule has 106 valence electrons. The molecule has 0 bridgehead atoms. The van der Waals surface area contributed by atoms with Crippen LogP contribution in [0.3, 0.4) is 0 Å². The van der Waals surface area contributed by atoms with E-state index in [1.54, 1.807) is 0 Å². The van der Waals surface area contributed by atoms with Gasteiger partial charge in [-0.05, 0) is 11.3 Å². The number of non-ortho nitro benzene ring substituents is 1. The summed E-state index contributed by atoms with van der Waals surface area (Å²) in [6, 6.07) is 3.48. The van der Waals surface area contributed by atoms with Gasteiger partial charge in [0.05, 0.1) is 10.6 Å². The van der Waals surface area contributed by atoms with Crippen LogP contribution in [-0.2, 0) is 10.0 Å². The Morgan fingerprint density at radius 3 is 2.70 bits per heavy atom. The van der Waals surface area contributed by atoms with Crippen molar-refractivity contribution in [2.75, 3.05) is 17.1 Å². The number of nitrogens with one attached hydrogen (secondary N) is 2. The molecule has 0 saturated heterocycles. The lowest BCUT2D eigenvalue weighted by Crippen LogP contribution is -2.15. The van der Waals surface area contributed by atoms with Gasteiger partial charge in [0.25, 0.3) is 15.7 Å². The summed E-state index contributed by atoms with van der Waals surface area (Å²) in [6.45, 7) is 0. The normalized spacial score (nSPS) is 11.1. The summed E-state index contributed by atoms with van der Waals surface area (Å²) in [4.78, 5) is 9.80. The minimum Gasteiger partial charge on any atom is -0.387 e. The third-order valence-electron chi connectivity index (χ3n) is 2.26. The molecule has 10 nitrogen and oxygen atoms in total. The Labute approximate surface area is 117 Å². The van der Waals surface area contributed by atoms with Gasteiger partial charge >= 0.3 is 0 Å². The van der Waals surface area contributed by atoms with Gasteiger partial charge in [-0.1, -0.05) is 9.59 Å². The van der Waals surface area contributed by atoms with Crippen LogP contribution >= 0.6 is 11.5 Å². The Morgan fingerprint density at radius 2 is 2.15 bits per heavy atom. The van der Waals surface area contributed by atoms with Crippen molar-refractivity contribution in [3.05, 3.63) is 28.3 Å². The van der Waals surface area contributed by atoms with E-state index in [1.165, 1.54) is 19.2 Å². The number of sulfonamides is 1. The maximum atomic E-state index is 12.2. The lowest BCUT2D eigenvalue weighted by Gasteiger charge is -2.09. The van der Waals surface area contributed by atoms with Crippen molar-refractivity contribution in [2.45, 2.75) is 4.90 Å². The van der Waals surface area contributed by atoms with Gasteiger partial charge in [0.15, 0.2) is 0 Å². The molecule has 0 atom stereocenters. The smallest absolute Gasteiger partial charge is 0.270 e. The lowest BCUT2D eigenvalue weighted by atomic mass is 10.3. The average molecular weight is 316 g/mol. The molecule has 0 spiro atoms. The first-order valence-electron chi connectivity index (χ1n) is 5.08. The highest BCUT2D eigenvalue weighted by Crippen LogP contribution is 2.27. The number of benzene rings is 1. The summed E-state index contributed by atoms with van der Waals surface area (Å²) in [5.41, 5.74) is -0.111. The second-order valence-electron chi connectivity index (χ2n) is 3.46. The topological polar surface area (TPSA) is 140 Å². The van der Waals surface area contributed by atoms with Gasteiger partial charge in [-0.2, -0.15) is 0 Å². The first-order chi connectivity index (χ1) is 9.44. The molecule has 1 aromatic carbocycles. The fourth-order valence-corrected chi connectivity index (χ4v) is 3.21. The van der Waals surface area contributed by atoms with Crippen molar-refractivity contribution >= 4 is 38.1 Å². The van der Waals surface area contributed by atoms with E-state index in [9.17, 15) is 18.5 Å². The highest BCUT2D eigenvalue weighted by molar-refractivity contribution is 7.93. The van der Waals surface area contributed by atoms with E-state index in [1.807, 2.05) is 0 Å². The molecule has 1 aromatic heterocycles. The SMILES string of the molecule is CNc1ccc([N+](=O)[O-])cc1S(=O)(=O)Nc1nnns1. The van der Waals surface area contributed by atoms with E-state index >= 15 is 0 Å². The maximum absolute atomic E-state index is 12.2. The molecule has 0 saturated carbocycles. The molecule has 2 N–H and O–H groups in total. The van der Waals surface area contributed by atoms with Gasteiger partial charge < -0.3 is 5.32 Å². The van der Waals surface area contributed by atoms with Crippen LogP contribution in [0, 0.1) is 10.1 Å². The molecule has 0 aliphatic heterocycles. The van der Waals surface area contributed by atoms with Gasteiger partial charge in [-0.25, -0.2) is 8.42 Å². The number of aromatic nitrogens is 3. The summed E-state index contributed by atoms with van der Waals surface area (Å²) < 4.78 is 29.9. The van der Waals surface area contributed by atoms with Crippen LogP contribution in [0.2, 0.25) is 0 Å². The van der Waals surface area contributed by atoms with E-state index < -0.39 is 14.9 Å². The highest BCUT2D eigenvalue weighted by Gasteiger charge is 2.23. The Bertz CT molecular complexity index is 729. The fraction of sp³-hybridized carbons (Fsp3) is 0.125. The van der Waals surface area contributed by atoms with E-state index in [0.717, 1.165) is 17.6 Å². The number of rotatable bonds is 5. The van der Waals surface area contributed by atoms with Gasteiger partial charge in [-0.15, -0.1) is 0 Å². The fourth-order valence-electron chi connectivity index (χ4n) is 1.40. The Kier molecular flexibility index (Phi) is 3.76. The molecule has 20 heavy (non-hydrogen) atoms. The number of anilines is 2. The summed E-state index contributed by atoms with van der Waals surface area (Å²) in [7, 11) is -2.52. The zero-order valence-electron chi connectivity index (χ0n) is 9.97. The second kappa shape index (κ2) is 5.34. The van der Waals surface area contributed by atoms with Crippen molar-refractivity contribution in [1.82, 2.24) is 14.8 Å². The summed E-state index contributed by atoms with van der Waals surface area (Å²) in [6.07, 6.45) is 0. The monoisotopic (exact) mass is 316 g/mol. The number of nitro benzene ring substituents is 1. The Balaban J connectivity index is 2.48. The zero-order chi connectivity index (χ0) is 14.8. The molecule has 2 aromatic rings. The van der Waals surface area contributed by atoms with Crippen molar-refractivity contribution < 1.29 is 13.3 Å². The second-order valence-corrected chi connectivity index (χ2v) is 5.84. The molecule has 0 radical (unpaired) electrons. The summed E-state index contributed by atoms with van der Waals surface area (Å²) >= 11 is 0.752. The zero-order valence-corrected chi connectivity index (χ0v) is 11.6. The third kappa shape index (κ3) is 2.80. The van der Waals surface area contributed by atoms with E-state index in [-0.39, 0.29) is 21.4 Å². The van der Waals surface area contributed by atoms with Crippen LogP contribution in [0.5, 0.6) is 0 Å². The molecule has 0 aliphatic rings. The van der Waals surface area contributed by atoms with Crippen molar-refractivity contribution in [3.8, 4) is 0 Å². The molecule has 0 aliphatic carbocycles. The number of hydrogen-bond acceptors (Lipinski definition) is 9. The van der Waals surface area contributed by atoms with Gasteiger partial charge in [0.2, 0.25) is 5.13 Å². The first kappa shape index (κ1) is 14.1. The standard InChI is InChI=1S/C8H8N6O4S2/c1-9-6-3-2-5(14(15)16)4-7(6)20(17,18)11-8-10-12-13-19-8/h2-4,9H,1H3,(H,10,11,13). The summed E-state index contributed by atoms with van der Waals surface area (Å²) in [5.74, 6) is 0. The predicted octanol–water partition coefficient (Wildman–Crippen LogP) is 0.684. The molecule has 0 amide bonds. The minimum atomic E-state index is -4.03. The van der Waals surface area contributed by atoms with Crippen LogP contribution in [0.4, 0.5) is 16.5 Å². The molecular weight excluding hydrogens is 308 g/mol. The predicted molar refractivity (Wildman–Crippen MR) is 71.2 cm³/mol. The van der Waals surface area contributed by atoms with Crippen LogP contribution in [-0.4, -0.2) is 35.2 Å². The average Bonchev–Trinajstić information content (AvgIpc) is 2.90. The van der Waals surface area contributed by atoms with Crippen LogP contribution in [0.15, 0.2) is 23.1 Å². The number of nitrogens with zero attached hydrogens (tertiary/aromatic N) is 4. The van der Waals surface area contributed by atoms with Crippen molar-refractivity contribution in [1.29, 1.82) is 0 Å². The molecular formula is C8H8N6O4S2. The summed E-state index contributed by atoms with van der Waals surface area (Å²) in [5, 5.41) is 20.1. The van der Waals surface area contributed by atoms with Gasteiger partial charge in [0.1, 0.15) is 4.90 Å². The largest absolute Gasteiger partial charge is 0.387 e. The van der Waals surface area contributed by atoms with Gasteiger partial charge in [0, 0.05) is 30.7 Å². The molecule has 0 unspecified atom stereocenters. The quantitative estimate of drug-likeness (QED) is 0.606. The van der Waals surface area contributed by atoms with E-state index in [2.05, 4.69) is 24.8 Å². The maximum Gasteiger partial charge on any atom is 0.270 e. The first-order valence-corrected chi connectivity index (χ1v) is 7.34. The van der Waals surface area contributed by atoms with Crippen LogP contribution < -0.4 is 10.0 Å². The highest BCUT2D eigenvalue weighted by atomic mass is 32.2. The lowest BCUT2D eigenvalue weighted by molar-refractivity contribution is -0.385. The van der Waals surface area contributed by atoms with Crippen molar-refractivity contribution in [2.24, 2.45) is 0 Å². The van der Waals surface area contributed by atoms with Crippen LogP contribution in [0.1, 0.15) is 0 Å². The van der Waals surface area contributed by atoms with Crippen LogP contribution in [0.25, 0.3) is 0 Å². The van der Waals surface area contributed by atoms with E-state index in [0.29, 0.717) is 0 Å². The third-order valence-corrected chi connectivity index (χ3v) is 4.28. The Morgan fingerprint density at radius 1 is 1.40 bits per heavy atom. The Hall–Kier alpha value is -2.34. The molecule has 0 fully saturated rings.